The summed E-state index contributed by atoms with van der Waals surface area (Å²) in [4.78, 5) is 38.6. The molecule has 0 spiro atoms. The topological polar surface area (TPSA) is 107 Å². The molecule has 0 bridgehead atoms. The second-order valence-corrected chi connectivity index (χ2v) is 9.45. The van der Waals surface area contributed by atoms with Crippen molar-refractivity contribution in [1.82, 2.24) is 0 Å². The molecular formula is C33H38O9. The Morgan fingerprint density at radius 3 is 0.952 bits per heavy atom. The molecule has 224 valence electrons. The van der Waals surface area contributed by atoms with Crippen molar-refractivity contribution < 1.29 is 42.8 Å². The highest BCUT2D eigenvalue weighted by Gasteiger charge is 2.35. The van der Waals surface area contributed by atoms with Crippen LogP contribution in [0, 0.1) is 5.41 Å². The molecule has 0 aliphatic heterocycles. The molecule has 0 radical (unpaired) electrons. The monoisotopic (exact) mass is 578 g/mol. The number of esters is 3. The number of carbonyl (C=O) groups is 3. The summed E-state index contributed by atoms with van der Waals surface area (Å²) < 4.78 is 33.2. The van der Waals surface area contributed by atoms with Crippen LogP contribution in [0.25, 0.3) is 0 Å². The molecule has 9 heteroatoms. The van der Waals surface area contributed by atoms with Crippen molar-refractivity contribution >= 4 is 17.9 Å². The minimum absolute atomic E-state index is 0.150. The largest absolute Gasteiger partial charge is 0.494 e. The van der Waals surface area contributed by atoms with E-state index < -0.39 is 23.3 Å². The zero-order valence-corrected chi connectivity index (χ0v) is 24.6. The van der Waals surface area contributed by atoms with Crippen LogP contribution in [0.2, 0.25) is 0 Å². The molecule has 3 aromatic rings. The fraction of sp³-hybridized carbons (Fsp3) is 0.364. The third-order valence-corrected chi connectivity index (χ3v) is 6.48. The maximum Gasteiger partial charge on any atom is 0.338 e. The Labute approximate surface area is 246 Å². The lowest BCUT2D eigenvalue weighted by molar-refractivity contribution is -0.0381. The molecule has 0 aliphatic carbocycles. The molecule has 0 aliphatic rings. The fourth-order valence-electron chi connectivity index (χ4n) is 3.90. The van der Waals surface area contributed by atoms with Gasteiger partial charge >= 0.3 is 17.9 Å². The molecule has 0 unspecified atom stereocenters. The third kappa shape index (κ3) is 9.26. The van der Waals surface area contributed by atoms with E-state index in [1.165, 1.54) is 0 Å². The van der Waals surface area contributed by atoms with Gasteiger partial charge in [-0.05, 0) is 100.0 Å². The van der Waals surface area contributed by atoms with Gasteiger partial charge in [0.1, 0.15) is 37.1 Å². The number of benzene rings is 3. The number of hydrogen-bond donors (Lipinski definition) is 0. The van der Waals surface area contributed by atoms with Crippen molar-refractivity contribution in [2.45, 2.75) is 34.1 Å². The molecule has 9 nitrogen and oxygen atoms in total. The molecule has 3 aromatic carbocycles. The minimum Gasteiger partial charge on any atom is -0.494 e. The molecule has 42 heavy (non-hydrogen) atoms. The SMILES string of the molecule is CCOc1ccc(C(=O)OCC(CC)(COC(=O)c2ccc(OCC)cc2)COC(=O)c2ccc(OCC)cc2)cc1. The Bertz CT molecular complexity index is 1120. The average molecular weight is 579 g/mol. The van der Waals surface area contributed by atoms with Crippen molar-refractivity contribution in [3.63, 3.8) is 0 Å². The first-order chi connectivity index (χ1) is 20.3. The molecule has 3 rings (SSSR count). The van der Waals surface area contributed by atoms with E-state index in [0.717, 1.165) is 0 Å². The van der Waals surface area contributed by atoms with Crippen LogP contribution in [-0.4, -0.2) is 57.5 Å². The van der Waals surface area contributed by atoms with E-state index >= 15 is 0 Å². The van der Waals surface area contributed by atoms with Gasteiger partial charge in [-0.25, -0.2) is 14.4 Å². The second-order valence-electron chi connectivity index (χ2n) is 9.45. The Kier molecular flexibility index (Phi) is 12.2. The highest BCUT2D eigenvalue weighted by atomic mass is 16.6. The van der Waals surface area contributed by atoms with E-state index in [2.05, 4.69) is 0 Å². The van der Waals surface area contributed by atoms with Crippen LogP contribution in [0.3, 0.4) is 0 Å². The van der Waals surface area contributed by atoms with Crippen LogP contribution in [0.5, 0.6) is 17.2 Å². The van der Waals surface area contributed by atoms with E-state index in [9.17, 15) is 14.4 Å². The van der Waals surface area contributed by atoms with Crippen molar-refractivity contribution in [2.75, 3.05) is 39.6 Å². The van der Waals surface area contributed by atoms with Gasteiger partial charge in [0, 0.05) is 0 Å². The average Bonchev–Trinajstić information content (AvgIpc) is 3.02. The first-order valence-corrected chi connectivity index (χ1v) is 14.0. The smallest absolute Gasteiger partial charge is 0.338 e. The molecule has 0 fully saturated rings. The van der Waals surface area contributed by atoms with Crippen molar-refractivity contribution in [3.8, 4) is 17.2 Å². The molecule has 0 heterocycles. The van der Waals surface area contributed by atoms with Gasteiger partial charge in [0.15, 0.2) is 0 Å². The van der Waals surface area contributed by atoms with Crippen LogP contribution in [0.15, 0.2) is 72.8 Å². The van der Waals surface area contributed by atoms with E-state index in [-0.39, 0.29) is 19.8 Å². The van der Waals surface area contributed by atoms with Gasteiger partial charge in [0.25, 0.3) is 0 Å². The summed E-state index contributed by atoms with van der Waals surface area (Å²) in [6, 6.07) is 19.8. The van der Waals surface area contributed by atoms with Crippen LogP contribution >= 0.6 is 0 Å². The summed E-state index contributed by atoms with van der Waals surface area (Å²) >= 11 is 0. The summed E-state index contributed by atoms with van der Waals surface area (Å²) in [5.74, 6) is 0.225. The third-order valence-electron chi connectivity index (χ3n) is 6.48. The van der Waals surface area contributed by atoms with Crippen molar-refractivity contribution in [2.24, 2.45) is 5.41 Å². The molecule has 0 saturated heterocycles. The number of carbonyl (C=O) groups excluding carboxylic acids is 3. The minimum atomic E-state index is -0.997. The number of rotatable bonds is 16. The first-order valence-electron chi connectivity index (χ1n) is 14.0. The predicted molar refractivity (Wildman–Crippen MR) is 156 cm³/mol. The van der Waals surface area contributed by atoms with Gasteiger partial charge in [-0.1, -0.05) is 6.92 Å². The van der Waals surface area contributed by atoms with Gasteiger partial charge in [-0.15, -0.1) is 0 Å². The molecular weight excluding hydrogens is 540 g/mol. The summed E-state index contributed by atoms with van der Waals surface area (Å²) in [5.41, 5.74) is 0.00614. The standard InChI is InChI=1S/C33H38O9/c1-5-33(21-40-30(34)24-9-15-27(16-10-24)37-6-2,22-41-31(35)25-11-17-28(18-12-25)38-7-3)23-42-32(36)26-13-19-29(20-14-26)39-8-4/h9-20H,5-8,21-23H2,1-4H3. The summed E-state index contributed by atoms with van der Waals surface area (Å²) in [5, 5.41) is 0. The zero-order valence-electron chi connectivity index (χ0n) is 24.6. The maximum atomic E-state index is 12.9. The molecule has 0 N–H and O–H groups in total. The molecule has 0 aromatic heterocycles. The van der Waals surface area contributed by atoms with Gasteiger partial charge in [0.2, 0.25) is 0 Å². The lowest BCUT2D eigenvalue weighted by Gasteiger charge is -2.31. The van der Waals surface area contributed by atoms with Crippen LogP contribution < -0.4 is 14.2 Å². The zero-order chi connectivity index (χ0) is 30.4. The van der Waals surface area contributed by atoms with E-state index in [4.69, 9.17) is 28.4 Å². The maximum absolute atomic E-state index is 12.9. The predicted octanol–water partition coefficient (Wildman–Crippen LogP) is 6.15. The highest BCUT2D eigenvalue weighted by molar-refractivity contribution is 5.90. The normalized spacial score (nSPS) is 10.9. The Hall–Kier alpha value is -4.53. The fourth-order valence-corrected chi connectivity index (χ4v) is 3.90. The molecule has 0 saturated carbocycles. The van der Waals surface area contributed by atoms with E-state index in [0.29, 0.717) is 60.2 Å². The first kappa shape index (κ1) is 32.0. The quantitative estimate of drug-likeness (QED) is 0.146. The van der Waals surface area contributed by atoms with Gasteiger partial charge < -0.3 is 28.4 Å². The number of ether oxygens (including phenoxy) is 6. The van der Waals surface area contributed by atoms with E-state index in [1.807, 2.05) is 27.7 Å². The van der Waals surface area contributed by atoms with Crippen molar-refractivity contribution in [1.29, 1.82) is 0 Å². The Morgan fingerprint density at radius 1 is 0.476 bits per heavy atom. The summed E-state index contributed by atoms with van der Waals surface area (Å²) in [6.07, 6.45) is 0.386. The van der Waals surface area contributed by atoms with Gasteiger partial charge in [-0.2, -0.15) is 0 Å². The highest BCUT2D eigenvalue weighted by Crippen LogP contribution is 2.27. The van der Waals surface area contributed by atoms with Gasteiger partial charge in [0.05, 0.1) is 41.9 Å². The van der Waals surface area contributed by atoms with Crippen LogP contribution in [0.1, 0.15) is 65.2 Å². The van der Waals surface area contributed by atoms with Crippen LogP contribution in [0.4, 0.5) is 0 Å². The lowest BCUT2D eigenvalue weighted by atomic mass is 9.88. The molecule has 0 atom stereocenters. The van der Waals surface area contributed by atoms with Crippen molar-refractivity contribution in [3.05, 3.63) is 89.5 Å². The summed E-state index contributed by atoms with van der Waals surface area (Å²) in [7, 11) is 0. The van der Waals surface area contributed by atoms with E-state index in [1.54, 1.807) is 72.8 Å². The Balaban J connectivity index is 1.72. The number of hydrogen-bond acceptors (Lipinski definition) is 9. The Morgan fingerprint density at radius 2 is 0.738 bits per heavy atom. The van der Waals surface area contributed by atoms with Crippen LogP contribution in [-0.2, 0) is 14.2 Å². The van der Waals surface area contributed by atoms with Gasteiger partial charge in [-0.3, -0.25) is 0 Å². The lowest BCUT2D eigenvalue weighted by Crippen LogP contribution is -2.39. The molecule has 0 amide bonds. The second kappa shape index (κ2) is 16.0. The summed E-state index contributed by atoms with van der Waals surface area (Å²) in [6.45, 7) is 8.54.